The van der Waals surface area contributed by atoms with E-state index in [0.29, 0.717) is 25.6 Å². The van der Waals surface area contributed by atoms with Gasteiger partial charge in [0.1, 0.15) is 0 Å². The van der Waals surface area contributed by atoms with Gasteiger partial charge in [-0.2, -0.15) is 0 Å². The summed E-state index contributed by atoms with van der Waals surface area (Å²) in [5.74, 6) is 1.46. The van der Waals surface area contributed by atoms with Crippen LogP contribution >= 0.6 is 0 Å². The Kier molecular flexibility index (Phi) is 13.0. The number of hydrogen-bond donors (Lipinski definition) is 2. The van der Waals surface area contributed by atoms with E-state index in [4.69, 9.17) is 4.74 Å². The first kappa shape index (κ1) is 23.1. The number of guanidine groups is 1. The molecule has 0 aromatic carbocycles. The van der Waals surface area contributed by atoms with Crippen LogP contribution in [-0.2, 0) is 14.8 Å². The number of ether oxygens (including phenoxy) is 1. The molecular weight excluding hydrogens is 328 g/mol. The van der Waals surface area contributed by atoms with Crippen LogP contribution in [0.25, 0.3) is 0 Å². The molecule has 7 nitrogen and oxygen atoms in total. The monoisotopic (exact) mass is 364 g/mol. The van der Waals surface area contributed by atoms with E-state index >= 15 is 0 Å². The highest BCUT2D eigenvalue weighted by atomic mass is 32.2. The highest BCUT2D eigenvalue weighted by Gasteiger charge is 2.13. The molecule has 0 aromatic heterocycles. The van der Waals surface area contributed by atoms with Crippen LogP contribution in [0.4, 0.5) is 0 Å². The molecule has 0 aliphatic rings. The van der Waals surface area contributed by atoms with Crippen LogP contribution in [0.15, 0.2) is 4.99 Å². The standard InChI is InChI=1S/C16H36N4O3S/c1-6-17-16(19-11-9-13-23-14-15(3)4)18-10-8-12-20(5)24(21,22)7-2/h15H,6-14H2,1-5H3,(H2,17,18,19). The molecule has 0 radical (unpaired) electrons. The van der Waals surface area contributed by atoms with Gasteiger partial charge in [-0.05, 0) is 32.6 Å². The molecule has 0 unspecified atom stereocenters. The second-order valence-corrected chi connectivity index (χ2v) is 8.45. The number of aliphatic imine (C=N–C) groups is 1. The van der Waals surface area contributed by atoms with Gasteiger partial charge < -0.3 is 15.4 Å². The van der Waals surface area contributed by atoms with Crippen LogP contribution in [0.5, 0.6) is 0 Å². The second kappa shape index (κ2) is 13.4. The van der Waals surface area contributed by atoms with Gasteiger partial charge in [0, 0.05) is 46.4 Å². The summed E-state index contributed by atoms with van der Waals surface area (Å²) in [4.78, 5) is 4.49. The van der Waals surface area contributed by atoms with Gasteiger partial charge in [-0.3, -0.25) is 4.99 Å². The molecule has 0 fully saturated rings. The molecule has 0 heterocycles. The van der Waals surface area contributed by atoms with E-state index in [1.165, 1.54) is 4.31 Å². The van der Waals surface area contributed by atoms with Crippen LogP contribution in [0, 0.1) is 5.92 Å². The topological polar surface area (TPSA) is 83.0 Å². The van der Waals surface area contributed by atoms with Crippen molar-refractivity contribution in [1.82, 2.24) is 14.9 Å². The lowest BCUT2D eigenvalue weighted by Crippen LogP contribution is -2.39. The zero-order valence-corrected chi connectivity index (χ0v) is 16.8. The summed E-state index contributed by atoms with van der Waals surface area (Å²) in [5, 5.41) is 6.42. The van der Waals surface area contributed by atoms with Crippen molar-refractivity contribution in [3.05, 3.63) is 0 Å². The number of nitrogens with zero attached hydrogens (tertiary/aromatic N) is 2. The summed E-state index contributed by atoms with van der Waals surface area (Å²) < 4.78 is 30.3. The van der Waals surface area contributed by atoms with Crippen LogP contribution in [0.3, 0.4) is 0 Å². The molecule has 0 aliphatic carbocycles. The van der Waals surface area contributed by atoms with Gasteiger partial charge in [-0.25, -0.2) is 12.7 Å². The normalized spacial score (nSPS) is 12.9. The van der Waals surface area contributed by atoms with E-state index in [0.717, 1.165) is 38.6 Å². The van der Waals surface area contributed by atoms with Crippen molar-refractivity contribution in [2.75, 3.05) is 52.2 Å². The van der Waals surface area contributed by atoms with E-state index in [1.54, 1.807) is 14.0 Å². The van der Waals surface area contributed by atoms with Crippen LogP contribution in [-0.4, -0.2) is 70.9 Å². The first-order valence-corrected chi connectivity index (χ1v) is 10.5. The Morgan fingerprint density at radius 2 is 1.92 bits per heavy atom. The van der Waals surface area contributed by atoms with Crippen LogP contribution in [0.1, 0.15) is 40.5 Å². The van der Waals surface area contributed by atoms with Crippen molar-refractivity contribution in [3.8, 4) is 0 Å². The third-order valence-corrected chi connectivity index (χ3v) is 5.16. The lowest BCUT2D eigenvalue weighted by molar-refractivity contribution is 0.109. The van der Waals surface area contributed by atoms with Gasteiger partial charge in [-0.1, -0.05) is 13.8 Å². The van der Waals surface area contributed by atoms with Crippen LogP contribution < -0.4 is 10.6 Å². The fourth-order valence-corrected chi connectivity index (χ4v) is 2.73. The minimum atomic E-state index is -3.09. The highest BCUT2D eigenvalue weighted by Crippen LogP contribution is 1.98. The zero-order valence-electron chi connectivity index (χ0n) is 16.0. The average Bonchev–Trinajstić information content (AvgIpc) is 2.53. The molecule has 24 heavy (non-hydrogen) atoms. The van der Waals surface area contributed by atoms with Gasteiger partial charge in [0.05, 0.1) is 5.75 Å². The molecule has 144 valence electrons. The fourth-order valence-electron chi connectivity index (χ4n) is 1.89. The third-order valence-electron chi connectivity index (χ3n) is 3.29. The molecule has 0 atom stereocenters. The van der Waals surface area contributed by atoms with Crippen molar-refractivity contribution in [3.63, 3.8) is 0 Å². The van der Waals surface area contributed by atoms with Crippen molar-refractivity contribution in [1.29, 1.82) is 0 Å². The summed E-state index contributed by atoms with van der Waals surface area (Å²) in [5.41, 5.74) is 0. The zero-order chi connectivity index (χ0) is 18.4. The lowest BCUT2D eigenvalue weighted by Gasteiger charge is -2.16. The van der Waals surface area contributed by atoms with Gasteiger partial charge >= 0.3 is 0 Å². The van der Waals surface area contributed by atoms with Gasteiger partial charge in [0.2, 0.25) is 10.0 Å². The predicted octanol–water partition coefficient (Wildman–Crippen LogP) is 1.28. The molecule has 2 N–H and O–H groups in total. The number of rotatable bonds is 13. The third kappa shape index (κ3) is 11.6. The Morgan fingerprint density at radius 3 is 2.50 bits per heavy atom. The summed E-state index contributed by atoms with van der Waals surface area (Å²) >= 11 is 0. The van der Waals surface area contributed by atoms with Gasteiger partial charge in [0.15, 0.2) is 5.96 Å². The van der Waals surface area contributed by atoms with Crippen LogP contribution in [0.2, 0.25) is 0 Å². The maximum atomic E-state index is 11.7. The minimum Gasteiger partial charge on any atom is -0.381 e. The first-order chi connectivity index (χ1) is 11.3. The summed E-state index contributed by atoms with van der Waals surface area (Å²) in [6.45, 7) is 12.1. The smallest absolute Gasteiger partial charge is 0.213 e. The SMILES string of the molecule is CCNC(=NCCCOCC(C)C)NCCCN(C)S(=O)(=O)CC. The Morgan fingerprint density at radius 1 is 1.21 bits per heavy atom. The molecule has 8 heteroatoms. The first-order valence-electron chi connectivity index (χ1n) is 8.87. The Bertz CT molecular complexity index is 439. The highest BCUT2D eigenvalue weighted by molar-refractivity contribution is 7.89. The maximum absolute atomic E-state index is 11.7. The molecule has 0 amide bonds. The molecular formula is C16H36N4O3S. The summed E-state index contributed by atoms with van der Waals surface area (Å²) in [7, 11) is -1.47. The van der Waals surface area contributed by atoms with E-state index < -0.39 is 10.0 Å². The minimum absolute atomic E-state index is 0.139. The van der Waals surface area contributed by atoms with E-state index in [9.17, 15) is 8.42 Å². The average molecular weight is 365 g/mol. The molecule has 0 saturated carbocycles. The second-order valence-electron chi connectivity index (χ2n) is 6.09. The molecule has 0 aromatic rings. The predicted molar refractivity (Wildman–Crippen MR) is 101 cm³/mol. The Labute approximate surface area is 148 Å². The lowest BCUT2D eigenvalue weighted by atomic mass is 10.2. The molecule has 0 rings (SSSR count). The maximum Gasteiger partial charge on any atom is 0.213 e. The quantitative estimate of drug-likeness (QED) is 0.292. The molecule has 0 aliphatic heterocycles. The van der Waals surface area contributed by atoms with Gasteiger partial charge in [0.25, 0.3) is 0 Å². The van der Waals surface area contributed by atoms with Crippen molar-refractivity contribution < 1.29 is 13.2 Å². The molecule has 0 spiro atoms. The van der Waals surface area contributed by atoms with Crippen molar-refractivity contribution >= 4 is 16.0 Å². The number of sulfonamides is 1. The number of hydrogen-bond acceptors (Lipinski definition) is 4. The van der Waals surface area contributed by atoms with E-state index in [2.05, 4.69) is 29.5 Å². The van der Waals surface area contributed by atoms with E-state index in [-0.39, 0.29) is 5.75 Å². The van der Waals surface area contributed by atoms with E-state index in [1.807, 2.05) is 6.92 Å². The number of nitrogens with one attached hydrogen (secondary N) is 2. The summed E-state index contributed by atoms with van der Waals surface area (Å²) in [6.07, 6.45) is 1.62. The molecule has 0 bridgehead atoms. The molecule has 0 saturated heterocycles. The van der Waals surface area contributed by atoms with Gasteiger partial charge in [-0.15, -0.1) is 0 Å². The van der Waals surface area contributed by atoms with Crippen molar-refractivity contribution in [2.24, 2.45) is 10.9 Å². The summed E-state index contributed by atoms with van der Waals surface area (Å²) in [6, 6.07) is 0. The fraction of sp³-hybridized carbons (Fsp3) is 0.938. The van der Waals surface area contributed by atoms with Crippen molar-refractivity contribution in [2.45, 2.75) is 40.5 Å². The largest absolute Gasteiger partial charge is 0.381 e. The Hall–Kier alpha value is -0.860. The Balaban J connectivity index is 4.00.